The Hall–Kier alpha value is -0.990. The van der Waals surface area contributed by atoms with Crippen LogP contribution in [0, 0.1) is 16.7 Å². The smallest absolute Gasteiger partial charge is 0.0631 e. The van der Waals surface area contributed by atoms with E-state index in [1.54, 1.807) is 0 Å². The molecule has 0 bridgehead atoms. The molecule has 0 heterocycles. The van der Waals surface area contributed by atoms with E-state index in [4.69, 9.17) is 5.26 Å². The van der Waals surface area contributed by atoms with Crippen LogP contribution in [0.5, 0.6) is 0 Å². The van der Waals surface area contributed by atoms with Crippen molar-refractivity contribution in [3.63, 3.8) is 0 Å². The van der Waals surface area contributed by atoms with Gasteiger partial charge in [0.15, 0.2) is 0 Å². The van der Waals surface area contributed by atoms with Crippen molar-refractivity contribution >= 4 is 0 Å². The van der Waals surface area contributed by atoms with E-state index in [0.29, 0.717) is 6.42 Å². The van der Waals surface area contributed by atoms with Crippen LogP contribution in [0.1, 0.15) is 26.7 Å². The molecule has 1 nitrogen and oxygen atoms in total. The average molecular weight is 135 g/mol. The molecular formula is C9H13N. The minimum absolute atomic E-state index is 0.0174. The molecule has 0 radical (unpaired) electrons. The van der Waals surface area contributed by atoms with Crippen LogP contribution in [-0.4, -0.2) is 0 Å². The molecule has 0 aliphatic rings. The van der Waals surface area contributed by atoms with Gasteiger partial charge in [-0.15, -0.1) is 5.73 Å². The van der Waals surface area contributed by atoms with Gasteiger partial charge in [0.1, 0.15) is 0 Å². The fourth-order valence-corrected chi connectivity index (χ4v) is 0.705. The van der Waals surface area contributed by atoms with Crippen LogP contribution in [0.3, 0.4) is 0 Å². The summed E-state index contributed by atoms with van der Waals surface area (Å²) in [5.74, 6) is 0. The monoisotopic (exact) mass is 135 g/mol. The summed E-state index contributed by atoms with van der Waals surface area (Å²) in [6.07, 6.45) is 3.38. The average Bonchev–Trinajstić information content (AvgIpc) is 1.89. The first kappa shape index (κ1) is 9.01. The molecule has 1 atom stereocenters. The number of nitrogens with zero attached hydrogens (tertiary/aromatic N) is 1. The van der Waals surface area contributed by atoms with Gasteiger partial charge in [0.2, 0.25) is 0 Å². The molecule has 0 aromatic carbocycles. The van der Waals surface area contributed by atoms with Gasteiger partial charge in [-0.3, -0.25) is 0 Å². The summed E-state index contributed by atoms with van der Waals surface area (Å²) in [5.41, 5.74) is 2.70. The summed E-state index contributed by atoms with van der Waals surface area (Å²) in [4.78, 5) is 0. The van der Waals surface area contributed by atoms with Crippen molar-refractivity contribution in [3.8, 4) is 6.07 Å². The van der Waals surface area contributed by atoms with Crippen molar-refractivity contribution in [2.75, 3.05) is 0 Å². The Labute approximate surface area is 62.7 Å². The molecule has 10 heavy (non-hydrogen) atoms. The molecule has 54 valence electrons. The largest absolute Gasteiger partial charge is 0.198 e. The second-order valence-corrected chi connectivity index (χ2v) is 2.69. The minimum Gasteiger partial charge on any atom is -0.198 e. The number of nitriles is 1. The number of hydrogen-bond donors (Lipinski definition) is 0. The summed E-state index contributed by atoms with van der Waals surface area (Å²) < 4.78 is 0. The standard InChI is InChI=1S/C9H13N/c1-4-6-9(3,5-2)7-8-10/h6H,1,5,7H2,2-3H3. The van der Waals surface area contributed by atoms with Crippen molar-refractivity contribution in [2.45, 2.75) is 26.7 Å². The Morgan fingerprint density at radius 2 is 2.30 bits per heavy atom. The zero-order valence-corrected chi connectivity index (χ0v) is 6.65. The van der Waals surface area contributed by atoms with Gasteiger partial charge < -0.3 is 0 Å². The van der Waals surface area contributed by atoms with E-state index in [1.807, 2.05) is 13.0 Å². The molecule has 0 saturated heterocycles. The maximum absolute atomic E-state index is 8.44. The molecule has 0 saturated carbocycles. The molecule has 0 aliphatic heterocycles. The molecule has 0 aromatic heterocycles. The maximum Gasteiger partial charge on any atom is 0.0631 e. The highest BCUT2D eigenvalue weighted by atomic mass is 14.3. The number of rotatable bonds is 3. The van der Waals surface area contributed by atoms with E-state index < -0.39 is 0 Å². The molecule has 0 aromatic rings. The number of hydrogen-bond acceptors (Lipinski definition) is 1. The second kappa shape index (κ2) is 3.93. The van der Waals surface area contributed by atoms with Crippen molar-refractivity contribution in [1.82, 2.24) is 0 Å². The van der Waals surface area contributed by atoms with Crippen molar-refractivity contribution < 1.29 is 0 Å². The predicted molar refractivity (Wildman–Crippen MR) is 42.3 cm³/mol. The second-order valence-electron chi connectivity index (χ2n) is 2.69. The summed E-state index contributed by atoms with van der Waals surface area (Å²) in [6, 6.07) is 2.14. The zero-order chi connectivity index (χ0) is 8.04. The third-order valence-corrected chi connectivity index (χ3v) is 1.74. The van der Waals surface area contributed by atoms with Gasteiger partial charge in [0.05, 0.1) is 6.07 Å². The Bertz CT molecular complexity index is 181. The normalized spacial score (nSPS) is 14.5. The van der Waals surface area contributed by atoms with E-state index in [0.717, 1.165) is 6.42 Å². The highest BCUT2D eigenvalue weighted by Gasteiger charge is 2.16. The molecule has 0 rings (SSSR count). The van der Waals surface area contributed by atoms with Crippen molar-refractivity contribution in [1.29, 1.82) is 5.26 Å². The summed E-state index contributed by atoms with van der Waals surface area (Å²) in [6.45, 7) is 7.58. The molecule has 0 spiro atoms. The van der Waals surface area contributed by atoms with E-state index in [9.17, 15) is 0 Å². The van der Waals surface area contributed by atoms with E-state index >= 15 is 0 Å². The SMILES string of the molecule is C=C=CC(C)(CC)CC#N. The topological polar surface area (TPSA) is 23.8 Å². The lowest BCUT2D eigenvalue weighted by molar-refractivity contribution is 0.422. The molecule has 1 unspecified atom stereocenters. The van der Waals surface area contributed by atoms with Gasteiger partial charge in [0.25, 0.3) is 0 Å². The molecule has 0 N–H and O–H groups in total. The van der Waals surface area contributed by atoms with Crippen LogP contribution in [0.2, 0.25) is 0 Å². The lowest BCUT2D eigenvalue weighted by Gasteiger charge is -2.18. The van der Waals surface area contributed by atoms with Gasteiger partial charge in [-0.2, -0.15) is 5.26 Å². The van der Waals surface area contributed by atoms with Crippen molar-refractivity contribution in [2.24, 2.45) is 5.41 Å². The molecule has 0 aliphatic carbocycles. The van der Waals surface area contributed by atoms with E-state index in [-0.39, 0.29) is 5.41 Å². The maximum atomic E-state index is 8.44. The van der Waals surface area contributed by atoms with Gasteiger partial charge in [0, 0.05) is 11.8 Å². The van der Waals surface area contributed by atoms with Gasteiger partial charge in [-0.05, 0) is 12.5 Å². The first-order valence-corrected chi connectivity index (χ1v) is 3.42. The minimum atomic E-state index is -0.0174. The van der Waals surface area contributed by atoms with Crippen LogP contribution in [0.15, 0.2) is 18.4 Å². The lowest BCUT2D eigenvalue weighted by Crippen LogP contribution is -2.09. The Morgan fingerprint density at radius 1 is 1.70 bits per heavy atom. The highest BCUT2D eigenvalue weighted by molar-refractivity contribution is 4.98. The Balaban J connectivity index is 4.25. The van der Waals surface area contributed by atoms with Gasteiger partial charge in [-0.1, -0.05) is 20.4 Å². The first-order valence-electron chi connectivity index (χ1n) is 3.42. The van der Waals surface area contributed by atoms with Crippen LogP contribution in [0.4, 0.5) is 0 Å². The van der Waals surface area contributed by atoms with Crippen molar-refractivity contribution in [3.05, 3.63) is 18.4 Å². The third kappa shape index (κ3) is 2.53. The van der Waals surface area contributed by atoms with E-state index in [2.05, 4.69) is 25.3 Å². The third-order valence-electron chi connectivity index (χ3n) is 1.74. The summed E-state index contributed by atoms with van der Waals surface area (Å²) in [7, 11) is 0. The molecule has 0 amide bonds. The highest BCUT2D eigenvalue weighted by Crippen LogP contribution is 2.25. The van der Waals surface area contributed by atoms with Crippen LogP contribution < -0.4 is 0 Å². The van der Waals surface area contributed by atoms with Gasteiger partial charge in [-0.25, -0.2) is 0 Å². The Kier molecular flexibility index (Phi) is 3.54. The Morgan fingerprint density at radius 3 is 2.60 bits per heavy atom. The summed E-state index contributed by atoms with van der Waals surface area (Å²) in [5, 5.41) is 8.44. The molecule has 0 fully saturated rings. The van der Waals surface area contributed by atoms with Crippen LogP contribution in [-0.2, 0) is 0 Å². The van der Waals surface area contributed by atoms with Crippen LogP contribution >= 0.6 is 0 Å². The summed E-state index contributed by atoms with van der Waals surface area (Å²) >= 11 is 0. The lowest BCUT2D eigenvalue weighted by atomic mass is 9.85. The zero-order valence-electron chi connectivity index (χ0n) is 6.65. The predicted octanol–water partition coefficient (Wildman–Crippen LogP) is 2.66. The van der Waals surface area contributed by atoms with Crippen LogP contribution in [0.25, 0.3) is 0 Å². The fourth-order valence-electron chi connectivity index (χ4n) is 0.705. The molecular weight excluding hydrogens is 122 g/mol. The van der Waals surface area contributed by atoms with E-state index in [1.165, 1.54) is 0 Å². The number of allylic oxidation sites excluding steroid dienone is 1. The van der Waals surface area contributed by atoms with Gasteiger partial charge >= 0.3 is 0 Å². The molecule has 1 heteroatoms. The quantitative estimate of drug-likeness (QED) is 0.546. The fraction of sp³-hybridized carbons (Fsp3) is 0.556. The first-order chi connectivity index (χ1) is 4.68.